The number of rotatable bonds is 6. The van der Waals surface area contributed by atoms with Gasteiger partial charge in [-0.05, 0) is 44.5 Å². The summed E-state index contributed by atoms with van der Waals surface area (Å²) in [6.45, 7) is 5.87. The molecule has 118 valence electrons. The van der Waals surface area contributed by atoms with Gasteiger partial charge in [-0.1, -0.05) is 17.7 Å². The maximum atomic E-state index is 11.8. The molecule has 1 heterocycles. The summed E-state index contributed by atoms with van der Waals surface area (Å²) >= 11 is 0. The summed E-state index contributed by atoms with van der Waals surface area (Å²) < 4.78 is 11.2. The number of carbonyl (C=O) groups is 1. The average molecular weight is 303 g/mol. The fourth-order valence-electron chi connectivity index (χ4n) is 2.03. The highest BCUT2D eigenvalue weighted by atomic mass is 16.5. The number of nitrogens with one attached hydrogen (secondary N) is 1. The van der Waals surface area contributed by atoms with Crippen LogP contribution in [0.4, 0.5) is 0 Å². The number of hydrogen-bond acceptors (Lipinski definition) is 4. The van der Waals surface area contributed by atoms with Crippen molar-refractivity contribution in [2.75, 3.05) is 6.61 Å². The van der Waals surface area contributed by atoms with E-state index in [0.29, 0.717) is 5.76 Å². The highest BCUT2D eigenvalue weighted by Gasteiger charge is 2.13. The van der Waals surface area contributed by atoms with E-state index in [1.165, 1.54) is 5.56 Å². The largest absolute Gasteiger partial charge is 0.485 e. The molecule has 0 bridgehead atoms. The molecule has 2 aromatic rings. The molecule has 2 N–H and O–H groups in total. The summed E-state index contributed by atoms with van der Waals surface area (Å²) in [4.78, 5) is 11.8. The van der Waals surface area contributed by atoms with E-state index >= 15 is 0 Å². The Morgan fingerprint density at radius 1 is 1.32 bits per heavy atom. The van der Waals surface area contributed by atoms with E-state index in [0.717, 1.165) is 11.3 Å². The van der Waals surface area contributed by atoms with E-state index in [4.69, 9.17) is 14.3 Å². The number of amides is 1. The van der Waals surface area contributed by atoms with Crippen LogP contribution in [0.5, 0.6) is 5.75 Å². The molecule has 22 heavy (non-hydrogen) atoms. The molecule has 2 rings (SSSR count). The maximum absolute atomic E-state index is 11.8. The molecule has 1 aromatic carbocycles. The molecular formula is C17H21NO4. The normalized spacial score (nSPS) is 12.0. The summed E-state index contributed by atoms with van der Waals surface area (Å²) in [5.74, 6) is 1.22. The number of furan rings is 1. The lowest BCUT2D eigenvalue weighted by molar-refractivity contribution is 0.0890. The molecule has 0 aliphatic rings. The number of aliphatic hydroxyl groups is 1. The quantitative estimate of drug-likeness (QED) is 0.860. The van der Waals surface area contributed by atoms with Gasteiger partial charge in [-0.25, -0.2) is 0 Å². The van der Waals surface area contributed by atoms with E-state index in [9.17, 15) is 4.79 Å². The van der Waals surface area contributed by atoms with Gasteiger partial charge in [0.25, 0.3) is 5.91 Å². The molecule has 1 amide bonds. The van der Waals surface area contributed by atoms with E-state index < -0.39 is 0 Å². The minimum Gasteiger partial charge on any atom is -0.485 e. The summed E-state index contributed by atoms with van der Waals surface area (Å²) in [5.41, 5.74) is 2.24. The van der Waals surface area contributed by atoms with Crippen molar-refractivity contribution < 1.29 is 19.1 Å². The molecule has 0 fully saturated rings. The third-order valence-corrected chi connectivity index (χ3v) is 3.24. The highest BCUT2D eigenvalue weighted by molar-refractivity contribution is 5.91. The van der Waals surface area contributed by atoms with Crippen LogP contribution in [0.3, 0.4) is 0 Å². The smallest absolute Gasteiger partial charge is 0.287 e. The second-order valence-corrected chi connectivity index (χ2v) is 5.38. The Balaban J connectivity index is 1.96. The van der Waals surface area contributed by atoms with Crippen LogP contribution in [0.1, 0.15) is 34.4 Å². The van der Waals surface area contributed by atoms with E-state index in [-0.39, 0.29) is 30.9 Å². The van der Waals surface area contributed by atoms with Crippen molar-refractivity contribution in [3.05, 3.63) is 53.0 Å². The molecule has 1 aromatic heterocycles. The highest BCUT2D eigenvalue weighted by Crippen LogP contribution is 2.20. The van der Waals surface area contributed by atoms with Gasteiger partial charge in [0, 0.05) is 6.04 Å². The number of aliphatic hydroxyl groups excluding tert-OH is 1. The summed E-state index contributed by atoms with van der Waals surface area (Å²) in [7, 11) is 0. The van der Waals surface area contributed by atoms with Crippen molar-refractivity contribution in [1.29, 1.82) is 0 Å². The lowest BCUT2D eigenvalue weighted by atomic mass is 10.1. The third-order valence-electron chi connectivity index (χ3n) is 3.24. The molecule has 0 aliphatic carbocycles. The molecule has 0 aliphatic heterocycles. The molecule has 0 saturated carbocycles. The molecular weight excluding hydrogens is 282 g/mol. The van der Waals surface area contributed by atoms with Gasteiger partial charge in [-0.2, -0.15) is 0 Å². The molecule has 0 saturated heterocycles. The molecule has 1 unspecified atom stereocenters. The predicted molar refractivity (Wildman–Crippen MR) is 83.0 cm³/mol. The second-order valence-electron chi connectivity index (χ2n) is 5.38. The van der Waals surface area contributed by atoms with Crippen molar-refractivity contribution in [2.24, 2.45) is 0 Å². The van der Waals surface area contributed by atoms with Crippen LogP contribution in [0.15, 0.2) is 34.7 Å². The first kappa shape index (κ1) is 16.1. The van der Waals surface area contributed by atoms with Crippen LogP contribution in [-0.2, 0) is 6.61 Å². The van der Waals surface area contributed by atoms with Crippen molar-refractivity contribution in [3.63, 3.8) is 0 Å². The first-order chi connectivity index (χ1) is 10.5. The summed E-state index contributed by atoms with van der Waals surface area (Å²) in [6.07, 6.45) is 0. The Hall–Kier alpha value is -2.27. The Bertz CT molecular complexity index is 648. The van der Waals surface area contributed by atoms with Gasteiger partial charge >= 0.3 is 0 Å². The van der Waals surface area contributed by atoms with Gasteiger partial charge in [-0.15, -0.1) is 0 Å². The average Bonchev–Trinajstić information content (AvgIpc) is 2.95. The van der Waals surface area contributed by atoms with E-state index in [1.54, 1.807) is 19.1 Å². The first-order valence-corrected chi connectivity index (χ1v) is 7.20. The van der Waals surface area contributed by atoms with Crippen LogP contribution in [0.2, 0.25) is 0 Å². The fourth-order valence-corrected chi connectivity index (χ4v) is 2.03. The number of hydrogen-bond donors (Lipinski definition) is 2. The molecule has 0 radical (unpaired) electrons. The Labute approximate surface area is 129 Å². The minimum absolute atomic E-state index is 0.116. The molecule has 1 atom stereocenters. The van der Waals surface area contributed by atoms with Crippen LogP contribution in [0.25, 0.3) is 0 Å². The SMILES string of the molecule is Cc1ccc(OCc2ccc(C(=O)NC(C)CO)o2)c(C)c1. The Morgan fingerprint density at radius 3 is 2.77 bits per heavy atom. The molecule has 5 nitrogen and oxygen atoms in total. The van der Waals surface area contributed by atoms with Crippen molar-refractivity contribution in [3.8, 4) is 5.75 Å². The Morgan fingerprint density at radius 2 is 2.09 bits per heavy atom. The van der Waals surface area contributed by atoms with Gasteiger partial charge in [0.05, 0.1) is 6.61 Å². The second kappa shape index (κ2) is 7.13. The number of benzene rings is 1. The summed E-state index contributed by atoms with van der Waals surface area (Å²) in [5, 5.41) is 11.6. The molecule has 0 spiro atoms. The van der Waals surface area contributed by atoms with E-state index in [2.05, 4.69) is 5.32 Å². The number of aryl methyl sites for hydroxylation is 2. The maximum Gasteiger partial charge on any atom is 0.287 e. The number of ether oxygens (including phenoxy) is 1. The first-order valence-electron chi connectivity index (χ1n) is 7.20. The zero-order chi connectivity index (χ0) is 16.1. The molecule has 5 heteroatoms. The van der Waals surface area contributed by atoms with Gasteiger partial charge < -0.3 is 19.6 Å². The van der Waals surface area contributed by atoms with Gasteiger partial charge in [0.2, 0.25) is 0 Å². The lowest BCUT2D eigenvalue weighted by Gasteiger charge is -2.09. The van der Waals surface area contributed by atoms with Gasteiger partial charge in [0.1, 0.15) is 18.1 Å². The van der Waals surface area contributed by atoms with Crippen LogP contribution >= 0.6 is 0 Å². The van der Waals surface area contributed by atoms with Crippen LogP contribution in [-0.4, -0.2) is 23.7 Å². The fraction of sp³-hybridized carbons (Fsp3) is 0.353. The monoisotopic (exact) mass is 303 g/mol. The zero-order valence-electron chi connectivity index (χ0n) is 13.1. The topological polar surface area (TPSA) is 71.7 Å². The third kappa shape index (κ3) is 4.11. The summed E-state index contributed by atoms with van der Waals surface area (Å²) in [6, 6.07) is 8.95. The van der Waals surface area contributed by atoms with Crippen molar-refractivity contribution >= 4 is 5.91 Å². The van der Waals surface area contributed by atoms with Crippen LogP contribution < -0.4 is 10.1 Å². The van der Waals surface area contributed by atoms with Crippen LogP contribution in [0, 0.1) is 13.8 Å². The zero-order valence-corrected chi connectivity index (χ0v) is 13.1. The van der Waals surface area contributed by atoms with Gasteiger partial charge in [0.15, 0.2) is 5.76 Å². The van der Waals surface area contributed by atoms with Gasteiger partial charge in [-0.3, -0.25) is 4.79 Å². The lowest BCUT2D eigenvalue weighted by Crippen LogP contribution is -2.34. The van der Waals surface area contributed by atoms with Crippen molar-refractivity contribution in [1.82, 2.24) is 5.32 Å². The standard InChI is InChI=1S/C17H21NO4/c1-11-4-6-15(12(2)8-11)21-10-14-5-7-16(22-14)17(20)18-13(3)9-19/h4-8,13,19H,9-10H2,1-3H3,(H,18,20). The van der Waals surface area contributed by atoms with E-state index in [1.807, 2.05) is 32.0 Å². The van der Waals surface area contributed by atoms with Crippen molar-refractivity contribution in [2.45, 2.75) is 33.4 Å². The Kier molecular flexibility index (Phi) is 5.22. The minimum atomic E-state index is -0.348. The predicted octanol–water partition coefficient (Wildman–Crippen LogP) is 2.59. The number of carbonyl (C=O) groups excluding carboxylic acids is 1.